The molecule has 6 nitrogen and oxygen atoms in total. The van der Waals surface area contributed by atoms with Crippen LogP contribution in [0.5, 0.6) is 0 Å². The Labute approximate surface area is 127 Å². The highest BCUT2D eigenvalue weighted by atomic mass is 35.5. The van der Waals surface area contributed by atoms with Crippen molar-refractivity contribution in [3.8, 4) is 0 Å². The first-order valence-corrected chi connectivity index (χ1v) is 6.83. The van der Waals surface area contributed by atoms with E-state index in [9.17, 15) is 14.4 Å². The third-order valence-corrected chi connectivity index (χ3v) is 3.32. The van der Waals surface area contributed by atoms with Gasteiger partial charge in [0, 0.05) is 25.3 Å². The molecule has 0 aliphatic carbocycles. The molecule has 0 bridgehead atoms. The number of halogens is 1. The van der Waals surface area contributed by atoms with Crippen molar-refractivity contribution in [2.45, 2.75) is 6.42 Å². The summed E-state index contributed by atoms with van der Waals surface area (Å²) in [6, 6.07) is 4.55. The van der Waals surface area contributed by atoms with Crippen molar-refractivity contribution in [2.24, 2.45) is 0 Å². The van der Waals surface area contributed by atoms with Gasteiger partial charge >= 0.3 is 0 Å². The Morgan fingerprint density at radius 1 is 1.38 bits per heavy atom. The zero-order chi connectivity index (χ0) is 15.4. The molecule has 0 unspecified atom stereocenters. The van der Waals surface area contributed by atoms with Gasteiger partial charge in [0.25, 0.3) is 11.7 Å². The molecule has 7 heteroatoms. The summed E-state index contributed by atoms with van der Waals surface area (Å²) < 4.78 is 4.87. The van der Waals surface area contributed by atoms with Crippen molar-refractivity contribution in [1.29, 1.82) is 0 Å². The van der Waals surface area contributed by atoms with E-state index in [1.54, 1.807) is 13.2 Å². The standard InChI is InChI=1S/C14H15ClN2O4/c1-21-6-2-5-16-12(18)8-17-11-7-9(15)3-4-10(11)13(19)14(17)20/h3-4,7H,2,5-6,8H2,1H3,(H,16,18). The first-order chi connectivity index (χ1) is 10.0. The second kappa shape index (κ2) is 6.69. The maximum Gasteiger partial charge on any atom is 0.299 e. The summed E-state index contributed by atoms with van der Waals surface area (Å²) in [4.78, 5) is 36.7. The number of methoxy groups -OCH3 is 1. The SMILES string of the molecule is COCCCNC(=O)CN1C(=O)C(=O)c2ccc(Cl)cc21. The smallest absolute Gasteiger partial charge is 0.299 e. The molecule has 21 heavy (non-hydrogen) atoms. The first-order valence-electron chi connectivity index (χ1n) is 6.46. The second-order valence-electron chi connectivity index (χ2n) is 4.58. The Kier molecular flexibility index (Phi) is 4.93. The van der Waals surface area contributed by atoms with Gasteiger partial charge in [-0.2, -0.15) is 0 Å². The van der Waals surface area contributed by atoms with Crippen LogP contribution in [0, 0.1) is 0 Å². The van der Waals surface area contributed by atoms with Crippen LogP contribution in [-0.2, 0) is 14.3 Å². The van der Waals surface area contributed by atoms with E-state index in [-0.39, 0.29) is 18.0 Å². The van der Waals surface area contributed by atoms with Gasteiger partial charge in [-0.05, 0) is 24.6 Å². The van der Waals surface area contributed by atoms with Gasteiger partial charge in [-0.1, -0.05) is 11.6 Å². The van der Waals surface area contributed by atoms with Crippen LogP contribution in [0.4, 0.5) is 5.69 Å². The lowest BCUT2D eigenvalue weighted by atomic mass is 10.1. The first kappa shape index (κ1) is 15.5. The molecule has 0 saturated carbocycles. The number of nitrogens with zero attached hydrogens (tertiary/aromatic N) is 1. The number of ketones is 1. The number of ether oxygens (including phenoxy) is 1. The average molecular weight is 311 g/mol. The summed E-state index contributed by atoms with van der Waals surface area (Å²) in [5, 5.41) is 3.07. The van der Waals surface area contributed by atoms with Gasteiger partial charge in [-0.15, -0.1) is 0 Å². The molecule has 2 rings (SSSR count). The molecular weight excluding hydrogens is 296 g/mol. The van der Waals surface area contributed by atoms with E-state index in [1.807, 2.05) is 0 Å². The summed E-state index contributed by atoms with van der Waals surface area (Å²) in [5.41, 5.74) is 0.654. The van der Waals surface area contributed by atoms with Crippen molar-refractivity contribution in [3.05, 3.63) is 28.8 Å². The van der Waals surface area contributed by atoms with E-state index in [4.69, 9.17) is 16.3 Å². The molecule has 0 fully saturated rings. The van der Waals surface area contributed by atoms with Gasteiger partial charge in [-0.3, -0.25) is 19.3 Å². The van der Waals surface area contributed by atoms with Crippen LogP contribution in [0.1, 0.15) is 16.8 Å². The maximum atomic E-state index is 11.9. The highest BCUT2D eigenvalue weighted by Crippen LogP contribution is 2.31. The molecule has 1 N–H and O–H groups in total. The number of hydrogen-bond acceptors (Lipinski definition) is 4. The second-order valence-corrected chi connectivity index (χ2v) is 5.01. The van der Waals surface area contributed by atoms with Crippen LogP contribution in [0.2, 0.25) is 5.02 Å². The number of amides is 2. The Bertz CT molecular complexity index is 588. The largest absolute Gasteiger partial charge is 0.385 e. The number of fused-ring (bicyclic) bond motifs is 1. The number of anilines is 1. The number of rotatable bonds is 6. The summed E-state index contributed by atoms with van der Waals surface area (Å²) in [5.74, 6) is -1.66. The quantitative estimate of drug-likeness (QED) is 0.629. The third kappa shape index (κ3) is 3.40. The van der Waals surface area contributed by atoms with Gasteiger partial charge in [0.1, 0.15) is 6.54 Å². The number of carbonyl (C=O) groups is 3. The summed E-state index contributed by atoms with van der Waals surface area (Å²) in [6.07, 6.45) is 0.678. The highest BCUT2D eigenvalue weighted by Gasteiger charge is 2.36. The van der Waals surface area contributed by atoms with Gasteiger partial charge in [0.2, 0.25) is 5.91 Å². The predicted molar refractivity (Wildman–Crippen MR) is 77.6 cm³/mol. The van der Waals surface area contributed by atoms with Crippen molar-refractivity contribution < 1.29 is 19.1 Å². The number of carbonyl (C=O) groups excluding carboxylic acids is 3. The molecule has 1 heterocycles. The minimum atomic E-state index is -0.709. The molecule has 0 radical (unpaired) electrons. The van der Waals surface area contributed by atoms with Crippen LogP contribution >= 0.6 is 11.6 Å². The fourth-order valence-electron chi connectivity index (χ4n) is 2.07. The van der Waals surface area contributed by atoms with Gasteiger partial charge in [0.05, 0.1) is 11.3 Å². The molecule has 1 aromatic carbocycles. The molecule has 0 spiro atoms. The zero-order valence-corrected chi connectivity index (χ0v) is 12.3. The number of benzene rings is 1. The molecule has 0 saturated heterocycles. The molecular formula is C14H15ClN2O4. The highest BCUT2D eigenvalue weighted by molar-refractivity contribution is 6.53. The van der Waals surface area contributed by atoms with Gasteiger partial charge in [-0.25, -0.2) is 0 Å². The monoisotopic (exact) mass is 310 g/mol. The maximum absolute atomic E-state index is 11.9. The van der Waals surface area contributed by atoms with Gasteiger partial charge < -0.3 is 10.1 Å². The summed E-state index contributed by atoms with van der Waals surface area (Å²) >= 11 is 5.88. The predicted octanol–water partition coefficient (Wildman–Crippen LogP) is 1.02. The third-order valence-electron chi connectivity index (χ3n) is 3.08. The molecule has 0 atom stereocenters. The lowest BCUT2D eigenvalue weighted by molar-refractivity contribution is -0.122. The Balaban J connectivity index is 2.04. The van der Waals surface area contributed by atoms with Crippen molar-refractivity contribution in [3.63, 3.8) is 0 Å². The van der Waals surface area contributed by atoms with E-state index in [0.29, 0.717) is 30.3 Å². The number of hydrogen-bond donors (Lipinski definition) is 1. The van der Waals surface area contributed by atoms with Crippen LogP contribution in [0.15, 0.2) is 18.2 Å². The molecule has 1 aliphatic heterocycles. The van der Waals surface area contributed by atoms with E-state index >= 15 is 0 Å². The van der Waals surface area contributed by atoms with E-state index in [0.717, 1.165) is 4.90 Å². The fourth-order valence-corrected chi connectivity index (χ4v) is 2.23. The topological polar surface area (TPSA) is 75.7 Å². The van der Waals surface area contributed by atoms with Gasteiger partial charge in [0.15, 0.2) is 0 Å². The number of nitrogens with one attached hydrogen (secondary N) is 1. The van der Waals surface area contributed by atoms with E-state index in [1.165, 1.54) is 12.1 Å². The molecule has 1 aromatic rings. The Morgan fingerprint density at radius 2 is 2.14 bits per heavy atom. The fraction of sp³-hybridized carbons (Fsp3) is 0.357. The molecule has 112 valence electrons. The Hall–Kier alpha value is -1.92. The van der Waals surface area contributed by atoms with Crippen molar-refractivity contribution >= 4 is 34.9 Å². The number of Topliss-reactive ketones (excluding diaryl/α,β-unsaturated/α-hetero) is 1. The summed E-state index contributed by atoms with van der Waals surface area (Å²) in [7, 11) is 1.58. The zero-order valence-electron chi connectivity index (χ0n) is 11.5. The average Bonchev–Trinajstić information content (AvgIpc) is 2.68. The van der Waals surface area contributed by atoms with E-state index in [2.05, 4.69) is 5.32 Å². The van der Waals surface area contributed by atoms with Crippen LogP contribution < -0.4 is 10.2 Å². The van der Waals surface area contributed by atoms with Crippen LogP contribution in [0.25, 0.3) is 0 Å². The molecule has 0 aromatic heterocycles. The lowest BCUT2D eigenvalue weighted by Crippen LogP contribution is -2.40. The lowest BCUT2D eigenvalue weighted by Gasteiger charge is -2.16. The summed E-state index contributed by atoms with van der Waals surface area (Å²) in [6.45, 7) is 0.788. The van der Waals surface area contributed by atoms with Crippen molar-refractivity contribution in [1.82, 2.24) is 5.32 Å². The van der Waals surface area contributed by atoms with E-state index < -0.39 is 11.7 Å². The minimum Gasteiger partial charge on any atom is -0.385 e. The van der Waals surface area contributed by atoms with Crippen LogP contribution in [-0.4, -0.2) is 44.4 Å². The Morgan fingerprint density at radius 3 is 2.86 bits per heavy atom. The van der Waals surface area contributed by atoms with Crippen LogP contribution in [0.3, 0.4) is 0 Å². The minimum absolute atomic E-state index is 0.203. The molecule has 2 amide bonds. The normalized spacial score (nSPS) is 13.5. The molecule has 1 aliphatic rings. The van der Waals surface area contributed by atoms with Crippen molar-refractivity contribution in [2.75, 3.05) is 31.7 Å².